The van der Waals surface area contributed by atoms with Gasteiger partial charge in [0, 0.05) is 13.5 Å². The highest BCUT2D eigenvalue weighted by atomic mass is 16.5. The molecule has 14 heavy (non-hydrogen) atoms. The number of primary amides is 1. The number of amides is 1. The van der Waals surface area contributed by atoms with Gasteiger partial charge in [-0.3, -0.25) is 4.79 Å². The quantitative estimate of drug-likeness (QED) is 0.716. The van der Waals surface area contributed by atoms with Crippen LogP contribution in [-0.2, 0) is 14.3 Å². The molecule has 1 amide bonds. The molecule has 0 aliphatic heterocycles. The third-order valence-corrected chi connectivity index (χ3v) is 2.66. The molecule has 0 aromatic carbocycles. The molecule has 1 aliphatic rings. The topological polar surface area (TPSA) is 61.6 Å². The Morgan fingerprint density at radius 2 is 1.86 bits per heavy atom. The van der Waals surface area contributed by atoms with E-state index in [-0.39, 0.29) is 5.91 Å². The molecule has 0 atom stereocenters. The van der Waals surface area contributed by atoms with Crippen molar-refractivity contribution in [1.29, 1.82) is 0 Å². The van der Waals surface area contributed by atoms with Gasteiger partial charge in [0.2, 0.25) is 5.91 Å². The molecule has 1 fully saturated rings. The highest BCUT2D eigenvalue weighted by Gasteiger charge is 2.20. The molecule has 0 aromatic rings. The second-order valence-electron chi connectivity index (χ2n) is 3.72. The normalized spacial score (nSPS) is 27.5. The zero-order chi connectivity index (χ0) is 10.4. The predicted octanol–water partition coefficient (Wildman–Crippen LogP) is 0.836. The number of ether oxygens (including phenoxy) is 2. The summed E-state index contributed by atoms with van der Waals surface area (Å²) in [4.78, 5) is 10.5. The van der Waals surface area contributed by atoms with E-state index in [1.807, 2.05) is 0 Å². The molecule has 2 N–H and O–H groups in total. The molecule has 0 radical (unpaired) electrons. The first-order chi connectivity index (χ1) is 6.72. The number of methoxy groups -OCH3 is 1. The van der Waals surface area contributed by atoms with Crippen molar-refractivity contribution in [1.82, 2.24) is 0 Å². The van der Waals surface area contributed by atoms with Crippen LogP contribution < -0.4 is 5.73 Å². The molecule has 0 saturated heterocycles. The molecule has 0 spiro atoms. The van der Waals surface area contributed by atoms with Gasteiger partial charge in [0.25, 0.3) is 0 Å². The molecule has 1 aliphatic carbocycles. The van der Waals surface area contributed by atoms with Gasteiger partial charge in [-0.25, -0.2) is 0 Å². The molecule has 0 heterocycles. The van der Waals surface area contributed by atoms with Crippen LogP contribution in [0.25, 0.3) is 0 Å². The van der Waals surface area contributed by atoms with Gasteiger partial charge in [0.15, 0.2) is 0 Å². The lowest BCUT2D eigenvalue weighted by atomic mass is 9.95. The first-order valence-electron chi connectivity index (χ1n) is 5.15. The van der Waals surface area contributed by atoms with Crippen LogP contribution in [0.3, 0.4) is 0 Å². The zero-order valence-electron chi connectivity index (χ0n) is 8.70. The van der Waals surface area contributed by atoms with Gasteiger partial charge in [0.1, 0.15) is 0 Å². The maximum atomic E-state index is 10.5. The summed E-state index contributed by atoms with van der Waals surface area (Å²) in [7, 11) is 1.75. The molecule has 0 unspecified atom stereocenters. The smallest absolute Gasteiger partial charge is 0.219 e. The van der Waals surface area contributed by atoms with E-state index in [9.17, 15) is 4.79 Å². The third-order valence-electron chi connectivity index (χ3n) is 2.66. The number of hydrogen-bond acceptors (Lipinski definition) is 3. The summed E-state index contributed by atoms with van der Waals surface area (Å²) in [5.74, 6) is -0.296. The van der Waals surface area contributed by atoms with Gasteiger partial charge in [0.05, 0.1) is 18.8 Å². The minimum atomic E-state index is -0.296. The van der Waals surface area contributed by atoms with Crippen LogP contribution in [-0.4, -0.2) is 31.8 Å². The summed E-state index contributed by atoms with van der Waals surface area (Å²) in [5.41, 5.74) is 5.01. The third kappa shape index (κ3) is 4.07. The Bertz CT molecular complexity index is 176. The summed E-state index contributed by atoms with van der Waals surface area (Å²) in [6.45, 7) is 0.456. The van der Waals surface area contributed by atoms with Crippen molar-refractivity contribution in [2.45, 2.75) is 44.3 Å². The summed E-state index contributed by atoms with van der Waals surface area (Å²) >= 11 is 0. The Balaban J connectivity index is 2.07. The van der Waals surface area contributed by atoms with Crippen molar-refractivity contribution in [2.24, 2.45) is 5.73 Å². The Kier molecular flexibility index (Phi) is 4.90. The van der Waals surface area contributed by atoms with E-state index in [4.69, 9.17) is 15.2 Å². The lowest BCUT2D eigenvalue weighted by Gasteiger charge is -2.27. The molecule has 1 rings (SSSR count). The van der Waals surface area contributed by atoms with E-state index in [0.717, 1.165) is 25.7 Å². The van der Waals surface area contributed by atoms with E-state index in [1.165, 1.54) is 0 Å². The highest BCUT2D eigenvalue weighted by Crippen LogP contribution is 2.22. The highest BCUT2D eigenvalue weighted by molar-refractivity contribution is 5.73. The van der Waals surface area contributed by atoms with Gasteiger partial charge in [-0.05, 0) is 25.7 Å². The fourth-order valence-corrected chi connectivity index (χ4v) is 1.76. The maximum Gasteiger partial charge on any atom is 0.219 e. The Morgan fingerprint density at radius 1 is 1.29 bits per heavy atom. The van der Waals surface area contributed by atoms with Crippen molar-refractivity contribution in [2.75, 3.05) is 13.7 Å². The molecular weight excluding hydrogens is 182 g/mol. The SMILES string of the molecule is COC1CCC(OCCC(N)=O)CC1. The predicted molar refractivity (Wildman–Crippen MR) is 52.8 cm³/mol. The first-order valence-corrected chi connectivity index (χ1v) is 5.15. The van der Waals surface area contributed by atoms with Crippen LogP contribution in [0, 0.1) is 0 Å². The summed E-state index contributed by atoms with van der Waals surface area (Å²) in [5, 5.41) is 0. The van der Waals surface area contributed by atoms with Crippen molar-refractivity contribution < 1.29 is 14.3 Å². The number of carbonyl (C=O) groups is 1. The molecule has 4 heteroatoms. The molecule has 0 aromatic heterocycles. The average molecular weight is 201 g/mol. The van der Waals surface area contributed by atoms with Gasteiger partial charge in [-0.2, -0.15) is 0 Å². The Hall–Kier alpha value is -0.610. The lowest BCUT2D eigenvalue weighted by Crippen LogP contribution is -2.26. The van der Waals surface area contributed by atoms with Crippen LogP contribution in [0.4, 0.5) is 0 Å². The van der Waals surface area contributed by atoms with Crippen molar-refractivity contribution in [3.8, 4) is 0 Å². The Morgan fingerprint density at radius 3 is 2.36 bits per heavy atom. The molecule has 4 nitrogen and oxygen atoms in total. The second kappa shape index (κ2) is 5.98. The summed E-state index contributed by atoms with van der Waals surface area (Å²) < 4.78 is 10.8. The molecular formula is C10H19NO3. The maximum absolute atomic E-state index is 10.5. The average Bonchev–Trinajstić information content (AvgIpc) is 2.18. The van der Waals surface area contributed by atoms with Gasteiger partial charge in [-0.1, -0.05) is 0 Å². The van der Waals surface area contributed by atoms with Crippen molar-refractivity contribution in [3.63, 3.8) is 0 Å². The minimum Gasteiger partial charge on any atom is -0.381 e. The molecule has 0 bridgehead atoms. The largest absolute Gasteiger partial charge is 0.381 e. The van der Waals surface area contributed by atoms with E-state index in [1.54, 1.807) is 7.11 Å². The number of nitrogens with two attached hydrogens (primary N) is 1. The fourth-order valence-electron chi connectivity index (χ4n) is 1.76. The van der Waals surface area contributed by atoms with E-state index >= 15 is 0 Å². The van der Waals surface area contributed by atoms with E-state index in [2.05, 4.69) is 0 Å². The van der Waals surface area contributed by atoms with Crippen LogP contribution in [0.1, 0.15) is 32.1 Å². The van der Waals surface area contributed by atoms with Crippen LogP contribution >= 0.6 is 0 Å². The molecule has 1 saturated carbocycles. The van der Waals surface area contributed by atoms with Gasteiger partial charge >= 0.3 is 0 Å². The van der Waals surface area contributed by atoms with Crippen molar-refractivity contribution >= 4 is 5.91 Å². The first kappa shape index (κ1) is 11.5. The second-order valence-corrected chi connectivity index (χ2v) is 3.72. The molecule has 82 valence electrons. The van der Waals surface area contributed by atoms with Crippen LogP contribution in [0.15, 0.2) is 0 Å². The number of carbonyl (C=O) groups excluding carboxylic acids is 1. The Labute approximate surface area is 84.7 Å². The number of rotatable bonds is 5. The zero-order valence-corrected chi connectivity index (χ0v) is 8.70. The minimum absolute atomic E-state index is 0.292. The van der Waals surface area contributed by atoms with E-state index in [0.29, 0.717) is 25.2 Å². The van der Waals surface area contributed by atoms with Crippen LogP contribution in [0.5, 0.6) is 0 Å². The number of hydrogen-bond donors (Lipinski definition) is 1. The standard InChI is InChI=1S/C10H19NO3/c1-13-8-2-4-9(5-3-8)14-7-6-10(11)12/h8-9H,2-7H2,1H3,(H2,11,12). The fraction of sp³-hybridized carbons (Fsp3) is 0.900. The van der Waals surface area contributed by atoms with Gasteiger partial charge < -0.3 is 15.2 Å². The van der Waals surface area contributed by atoms with E-state index < -0.39 is 0 Å². The monoisotopic (exact) mass is 201 g/mol. The van der Waals surface area contributed by atoms with Crippen molar-refractivity contribution in [3.05, 3.63) is 0 Å². The summed E-state index contributed by atoms with van der Waals surface area (Å²) in [6, 6.07) is 0. The van der Waals surface area contributed by atoms with Gasteiger partial charge in [-0.15, -0.1) is 0 Å². The van der Waals surface area contributed by atoms with Crippen LogP contribution in [0.2, 0.25) is 0 Å². The lowest BCUT2D eigenvalue weighted by molar-refractivity contribution is -0.119. The summed E-state index contributed by atoms with van der Waals surface area (Å²) in [6.07, 6.45) is 5.17.